The van der Waals surface area contributed by atoms with Crippen molar-refractivity contribution in [3.8, 4) is 10.4 Å². The van der Waals surface area contributed by atoms with Crippen LogP contribution < -0.4 is 9.80 Å². The van der Waals surface area contributed by atoms with Crippen LogP contribution in [0.4, 0.5) is 15.5 Å². The van der Waals surface area contributed by atoms with Gasteiger partial charge in [0.2, 0.25) is 5.91 Å². The molecule has 2 amide bonds. The van der Waals surface area contributed by atoms with Gasteiger partial charge >= 0.3 is 6.09 Å². The number of ether oxygens (including phenoxy) is 1. The molecule has 0 radical (unpaired) electrons. The van der Waals surface area contributed by atoms with Crippen molar-refractivity contribution < 1.29 is 14.3 Å². The third-order valence-corrected chi connectivity index (χ3v) is 8.65. The van der Waals surface area contributed by atoms with Crippen LogP contribution in [0.3, 0.4) is 0 Å². The molecule has 0 bridgehead atoms. The van der Waals surface area contributed by atoms with Crippen molar-refractivity contribution in [2.24, 2.45) is 5.92 Å². The zero-order valence-electron chi connectivity index (χ0n) is 18.6. The molecule has 3 heterocycles. The second-order valence-electron chi connectivity index (χ2n) is 9.27. The number of thiophene rings is 1. The lowest BCUT2D eigenvalue weighted by molar-refractivity contribution is -0.118. The van der Waals surface area contributed by atoms with Crippen molar-refractivity contribution >= 4 is 34.0 Å². The van der Waals surface area contributed by atoms with Crippen molar-refractivity contribution in [3.63, 3.8) is 0 Å². The number of hydrogen-bond acceptors (Lipinski definition) is 5. The molecule has 2 aliphatic heterocycles. The second-order valence-corrected chi connectivity index (χ2v) is 10.3. The Labute approximate surface area is 187 Å². The van der Waals surface area contributed by atoms with Gasteiger partial charge in [0.15, 0.2) is 0 Å². The number of carbonyl (C=O) groups is 2. The van der Waals surface area contributed by atoms with E-state index in [2.05, 4.69) is 11.8 Å². The third-order valence-electron chi connectivity index (χ3n) is 7.44. The molecule has 3 unspecified atom stereocenters. The van der Waals surface area contributed by atoms with Crippen LogP contribution in [0.15, 0.2) is 36.4 Å². The SMILES string of the molecule is CCC(=O)N(C)c1cccc(-c2ccc(N(C)C(=O)OC3(C)CN4CCC45CC35)s2)c1. The van der Waals surface area contributed by atoms with Crippen LogP contribution in [0.25, 0.3) is 10.4 Å². The normalized spacial score (nSPS) is 28.3. The minimum Gasteiger partial charge on any atom is -0.441 e. The number of benzene rings is 1. The van der Waals surface area contributed by atoms with Crippen LogP contribution >= 0.6 is 11.3 Å². The van der Waals surface area contributed by atoms with E-state index in [-0.39, 0.29) is 17.6 Å². The Balaban J connectivity index is 1.29. The predicted molar refractivity (Wildman–Crippen MR) is 124 cm³/mol. The fourth-order valence-corrected chi connectivity index (χ4v) is 6.31. The lowest BCUT2D eigenvalue weighted by atomic mass is 9.99. The van der Waals surface area contributed by atoms with Gasteiger partial charge in [0.1, 0.15) is 10.6 Å². The second kappa shape index (κ2) is 7.07. The van der Waals surface area contributed by atoms with E-state index in [1.807, 2.05) is 43.3 Å². The molecule has 1 aliphatic carbocycles. The number of anilines is 2. The molecule has 31 heavy (non-hydrogen) atoms. The van der Waals surface area contributed by atoms with Gasteiger partial charge in [0, 0.05) is 55.6 Å². The molecule has 1 aromatic heterocycles. The maximum atomic E-state index is 12.9. The first kappa shape index (κ1) is 20.5. The molecule has 6 nitrogen and oxygen atoms in total. The summed E-state index contributed by atoms with van der Waals surface area (Å²) in [6, 6.07) is 11.9. The average molecular weight is 440 g/mol. The highest BCUT2D eigenvalue weighted by atomic mass is 32.1. The number of nitrogens with zero attached hydrogens (tertiary/aromatic N) is 3. The first-order chi connectivity index (χ1) is 14.8. The molecule has 3 aliphatic rings. The Hall–Kier alpha value is -2.38. The minimum absolute atomic E-state index is 0.0779. The highest BCUT2D eigenvalue weighted by Gasteiger charge is 2.75. The Kier molecular flexibility index (Phi) is 4.68. The van der Waals surface area contributed by atoms with E-state index in [4.69, 9.17) is 4.74 Å². The van der Waals surface area contributed by atoms with E-state index in [9.17, 15) is 9.59 Å². The smallest absolute Gasteiger partial charge is 0.415 e. The van der Waals surface area contributed by atoms with Gasteiger partial charge in [-0.25, -0.2) is 4.79 Å². The molecular formula is C24H29N3O3S. The molecule has 7 heteroatoms. The summed E-state index contributed by atoms with van der Waals surface area (Å²) in [6.07, 6.45) is 2.58. The Morgan fingerprint density at radius 2 is 2.03 bits per heavy atom. The molecule has 5 rings (SSSR count). The van der Waals surface area contributed by atoms with Gasteiger partial charge in [0.25, 0.3) is 0 Å². The summed E-state index contributed by atoms with van der Waals surface area (Å²) in [7, 11) is 3.57. The molecule has 1 aromatic carbocycles. The quantitative estimate of drug-likeness (QED) is 0.683. The van der Waals surface area contributed by atoms with Gasteiger partial charge < -0.3 is 9.64 Å². The Morgan fingerprint density at radius 3 is 2.65 bits per heavy atom. The number of piperidine rings is 1. The van der Waals surface area contributed by atoms with E-state index in [0.29, 0.717) is 17.9 Å². The van der Waals surface area contributed by atoms with Crippen molar-refractivity contribution in [1.82, 2.24) is 4.90 Å². The summed E-state index contributed by atoms with van der Waals surface area (Å²) in [5, 5.41) is 0.846. The largest absolute Gasteiger partial charge is 0.441 e. The summed E-state index contributed by atoms with van der Waals surface area (Å²) in [4.78, 5) is 31.8. The third kappa shape index (κ3) is 3.17. The topological polar surface area (TPSA) is 53.1 Å². The first-order valence-corrected chi connectivity index (χ1v) is 11.8. The van der Waals surface area contributed by atoms with E-state index >= 15 is 0 Å². The predicted octanol–water partition coefficient (Wildman–Crippen LogP) is 4.60. The van der Waals surface area contributed by atoms with Crippen molar-refractivity contribution in [2.75, 3.05) is 37.0 Å². The van der Waals surface area contributed by atoms with Crippen molar-refractivity contribution in [1.29, 1.82) is 0 Å². The monoisotopic (exact) mass is 439 g/mol. The van der Waals surface area contributed by atoms with E-state index in [0.717, 1.165) is 40.6 Å². The maximum absolute atomic E-state index is 12.9. The summed E-state index contributed by atoms with van der Waals surface area (Å²) < 4.78 is 6.06. The summed E-state index contributed by atoms with van der Waals surface area (Å²) in [6.45, 7) is 5.94. The molecule has 164 valence electrons. The summed E-state index contributed by atoms with van der Waals surface area (Å²) in [5.74, 6) is 0.560. The standard InChI is InChI=1S/C24H29N3O3S/c1-5-20(28)25(3)17-8-6-7-16(13-17)18-9-10-21(31-18)26(4)22(29)30-23(2)15-27-12-11-24(27)14-19(23)24/h6-10,13,19H,5,11-12,14-15H2,1-4H3. The van der Waals surface area contributed by atoms with E-state index in [1.54, 1.807) is 35.2 Å². The molecule has 3 fully saturated rings. The lowest BCUT2D eigenvalue weighted by Gasteiger charge is -2.39. The van der Waals surface area contributed by atoms with Crippen LogP contribution in [0.1, 0.15) is 33.1 Å². The highest BCUT2D eigenvalue weighted by molar-refractivity contribution is 7.19. The molecule has 0 N–H and O–H groups in total. The zero-order chi connectivity index (χ0) is 22.0. The van der Waals surface area contributed by atoms with Gasteiger partial charge in [-0.15, -0.1) is 11.3 Å². The van der Waals surface area contributed by atoms with E-state index in [1.165, 1.54) is 6.42 Å². The average Bonchev–Trinajstić information content (AvgIpc) is 3.36. The van der Waals surface area contributed by atoms with Crippen LogP contribution in [0.2, 0.25) is 0 Å². The molecule has 1 saturated carbocycles. The number of hydrogen-bond donors (Lipinski definition) is 0. The van der Waals surface area contributed by atoms with Gasteiger partial charge in [-0.1, -0.05) is 19.1 Å². The fraction of sp³-hybridized carbons (Fsp3) is 0.500. The van der Waals surface area contributed by atoms with E-state index < -0.39 is 0 Å². The fourth-order valence-electron chi connectivity index (χ4n) is 5.36. The minimum atomic E-state index is -0.382. The zero-order valence-corrected chi connectivity index (χ0v) is 19.4. The van der Waals surface area contributed by atoms with Crippen LogP contribution in [0.5, 0.6) is 0 Å². The molecule has 3 atom stereocenters. The summed E-state index contributed by atoms with van der Waals surface area (Å²) in [5.41, 5.74) is 1.86. The van der Waals surface area contributed by atoms with Gasteiger partial charge in [-0.05, 0) is 49.6 Å². The van der Waals surface area contributed by atoms with Crippen molar-refractivity contribution in [3.05, 3.63) is 36.4 Å². The van der Waals surface area contributed by atoms with Gasteiger partial charge in [0.05, 0.1) is 0 Å². The number of rotatable bonds is 5. The molecule has 1 spiro atoms. The Bertz CT molecular complexity index is 1050. The molecule has 2 saturated heterocycles. The highest BCUT2D eigenvalue weighted by Crippen LogP contribution is 2.67. The lowest BCUT2D eigenvalue weighted by Crippen LogP contribution is -2.49. The van der Waals surface area contributed by atoms with Gasteiger partial charge in [-0.2, -0.15) is 0 Å². The van der Waals surface area contributed by atoms with Crippen molar-refractivity contribution in [2.45, 2.75) is 44.2 Å². The maximum Gasteiger partial charge on any atom is 0.415 e. The van der Waals surface area contributed by atoms with Crippen LogP contribution in [0, 0.1) is 5.92 Å². The number of carbonyl (C=O) groups excluding carboxylic acids is 2. The van der Waals surface area contributed by atoms with Crippen LogP contribution in [-0.2, 0) is 9.53 Å². The molecule has 2 aromatic rings. The molecular weight excluding hydrogens is 410 g/mol. The Morgan fingerprint density at radius 1 is 1.23 bits per heavy atom. The first-order valence-electron chi connectivity index (χ1n) is 11.0. The van der Waals surface area contributed by atoms with Gasteiger partial charge in [-0.3, -0.25) is 14.6 Å². The summed E-state index contributed by atoms with van der Waals surface area (Å²) >= 11 is 1.55. The number of amides is 2. The van der Waals surface area contributed by atoms with Crippen LogP contribution in [-0.4, -0.2) is 55.2 Å².